The lowest BCUT2D eigenvalue weighted by atomic mass is 10.3. The maximum absolute atomic E-state index is 13.3. The summed E-state index contributed by atoms with van der Waals surface area (Å²) in [5.74, 6) is -3.44. The van der Waals surface area contributed by atoms with Gasteiger partial charge in [-0.15, -0.1) is 11.3 Å². The predicted octanol–water partition coefficient (Wildman–Crippen LogP) is 2.98. The van der Waals surface area contributed by atoms with Crippen molar-refractivity contribution in [1.82, 2.24) is 0 Å². The predicted molar refractivity (Wildman–Crippen MR) is 65.6 cm³/mol. The van der Waals surface area contributed by atoms with Crippen LogP contribution in [0.4, 0.5) is 14.5 Å². The molecule has 2 rings (SSSR count). The molecule has 0 aliphatic carbocycles. The first-order valence-electron chi connectivity index (χ1n) is 5.07. The molecule has 2 N–H and O–H groups in total. The van der Waals surface area contributed by atoms with Crippen LogP contribution in [0.25, 0.3) is 0 Å². The second kappa shape index (κ2) is 5.15. The largest absolute Gasteiger partial charge is 0.477 e. The summed E-state index contributed by atoms with van der Waals surface area (Å²) in [5, 5.41) is 11.0. The van der Waals surface area contributed by atoms with Crippen LogP contribution in [0.5, 0.6) is 0 Å². The molecule has 2 aromatic rings. The zero-order valence-electron chi connectivity index (χ0n) is 9.31. The standard InChI is InChI=1S/C12H7F2NO3S/c13-6-1-2-8(7(14)5-6)15-11(16)9-3-4-10(19-9)12(17)18/h1-5H,(H,15,16)(H,17,18). The van der Waals surface area contributed by atoms with Crippen molar-refractivity contribution in [1.29, 1.82) is 0 Å². The van der Waals surface area contributed by atoms with Crippen LogP contribution < -0.4 is 5.32 Å². The second-order valence-electron chi connectivity index (χ2n) is 3.55. The van der Waals surface area contributed by atoms with E-state index in [1.807, 2.05) is 0 Å². The smallest absolute Gasteiger partial charge is 0.345 e. The second-order valence-corrected chi connectivity index (χ2v) is 4.63. The Morgan fingerprint density at radius 1 is 1.11 bits per heavy atom. The zero-order chi connectivity index (χ0) is 14.0. The number of aromatic carboxylic acids is 1. The van der Waals surface area contributed by atoms with Gasteiger partial charge in [0.25, 0.3) is 5.91 Å². The molecule has 98 valence electrons. The minimum atomic E-state index is -1.14. The molecule has 0 unspecified atom stereocenters. The number of thiophene rings is 1. The highest BCUT2D eigenvalue weighted by Crippen LogP contribution is 2.20. The fourth-order valence-corrected chi connectivity index (χ4v) is 2.09. The number of carbonyl (C=O) groups is 2. The lowest BCUT2D eigenvalue weighted by Gasteiger charge is -2.04. The first-order chi connectivity index (χ1) is 8.97. The third kappa shape index (κ3) is 2.94. The van der Waals surface area contributed by atoms with E-state index in [9.17, 15) is 18.4 Å². The molecule has 0 aliphatic heterocycles. The van der Waals surface area contributed by atoms with E-state index in [2.05, 4.69) is 5.32 Å². The first kappa shape index (κ1) is 13.2. The van der Waals surface area contributed by atoms with Gasteiger partial charge in [-0.1, -0.05) is 0 Å². The number of nitrogens with one attached hydrogen (secondary N) is 1. The van der Waals surface area contributed by atoms with Gasteiger partial charge in [0.1, 0.15) is 16.5 Å². The number of hydrogen-bond donors (Lipinski definition) is 2. The lowest BCUT2D eigenvalue weighted by molar-refractivity contribution is 0.0702. The Morgan fingerprint density at radius 2 is 1.79 bits per heavy atom. The number of anilines is 1. The molecule has 0 aliphatic rings. The van der Waals surface area contributed by atoms with E-state index in [-0.39, 0.29) is 15.4 Å². The van der Waals surface area contributed by atoms with Gasteiger partial charge in [-0.05, 0) is 24.3 Å². The van der Waals surface area contributed by atoms with Gasteiger partial charge < -0.3 is 10.4 Å². The Hall–Kier alpha value is -2.28. The van der Waals surface area contributed by atoms with Crippen molar-refractivity contribution in [3.63, 3.8) is 0 Å². The van der Waals surface area contributed by atoms with E-state index in [0.29, 0.717) is 6.07 Å². The third-order valence-electron chi connectivity index (χ3n) is 2.22. The van der Waals surface area contributed by atoms with Gasteiger partial charge in [-0.2, -0.15) is 0 Å². The highest BCUT2D eigenvalue weighted by Gasteiger charge is 2.14. The number of halogens is 2. The fourth-order valence-electron chi connectivity index (χ4n) is 1.35. The van der Waals surface area contributed by atoms with Crippen LogP contribution in [0, 0.1) is 11.6 Å². The van der Waals surface area contributed by atoms with E-state index in [1.54, 1.807) is 0 Å². The molecule has 4 nitrogen and oxygen atoms in total. The average molecular weight is 283 g/mol. The lowest BCUT2D eigenvalue weighted by Crippen LogP contribution is -2.11. The molecule has 0 saturated carbocycles. The highest BCUT2D eigenvalue weighted by molar-refractivity contribution is 7.15. The molecule has 0 radical (unpaired) electrons. The summed E-state index contributed by atoms with van der Waals surface area (Å²) >= 11 is 0.769. The van der Waals surface area contributed by atoms with Crippen molar-refractivity contribution in [2.75, 3.05) is 5.32 Å². The number of carboxylic acids is 1. The maximum atomic E-state index is 13.3. The van der Waals surface area contributed by atoms with Gasteiger partial charge in [0.05, 0.1) is 10.6 Å². The normalized spacial score (nSPS) is 10.2. The molecule has 7 heteroatoms. The van der Waals surface area contributed by atoms with Crippen molar-refractivity contribution in [2.45, 2.75) is 0 Å². The quantitative estimate of drug-likeness (QED) is 0.910. The SMILES string of the molecule is O=C(O)c1ccc(C(=O)Nc2ccc(F)cc2F)s1. The number of carbonyl (C=O) groups excluding carboxylic acids is 1. The average Bonchev–Trinajstić information content (AvgIpc) is 2.82. The van der Waals surface area contributed by atoms with Crippen molar-refractivity contribution in [2.24, 2.45) is 0 Å². The monoisotopic (exact) mass is 283 g/mol. The molecule has 0 spiro atoms. The van der Waals surface area contributed by atoms with Crippen molar-refractivity contribution in [3.05, 3.63) is 51.7 Å². The van der Waals surface area contributed by atoms with Gasteiger partial charge in [-0.3, -0.25) is 4.79 Å². The van der Waals surface area contributed by atoms with Crippen molar-refractivity contribution in [3.8, 4) is 0 Å². The molecule has 1 aromatic heterocycles. The molecular formula is C12H7F2NO3S. The van der Waals surface area contributed by atoms with E-state index in [4.69, 9.17) is 5.11 Å². The summed E-state index contributed by atoms with van der Waals surface area (Å²) in [7, 11) is 0. The molecule has 1 aromatic carbocycles. The Labute approximate surface area is 110 Å². The number of amides is 1. The summed E-state index contributed by atoms with van der Waals surface area (Å²) in [6.45, 7) is 0. The Morgan fingerprint density at radius 3 is 2.37 bits per heavy atom. The molecule has 0 fully saturated rings. The number of rotatable bonds is 3. The van der Waals surface area contributed by atoms with Crippen LogP contribution in [-0.2, 0) is 0 Å². The minimum Gasteiger partial charge on any atom is -0.477 e. The van der Waals surface area contributed by atoms with E-state index in [0.717, 1.165) is 23.5 Å². The van der Waals surface area contributed by atoms with Gasteiger partial charge in [-0.25, -0.2) is 13.6 Å². The van der Waals surface area contributed by atoms with Gasteiger partial charge in [0.15, 0.2) is 0 Å². The number of hydrogen-bond acceptors (Lipinski definition) is 3. The van der Waals surface area contributed by atoms with Crippen LogP contribution in [0.15, 0.2) is 30.3 Å². The van der Waals surface area contributed by atoms with E-state index in [1.165, 1.54) is 12.1 Å². The highest BCUT2D eigenvalue weighted by atomic mass is 32.1. The van der Waals surface area contributed by atoms with Crippen LogP contribution in [0.1, 0.15) is 19.3 Å². The zero-order valence-corrected chi connectivity index (χ0v) is 10.1. The third-order valence-corrected chi connectivity index (χ3v) is 3.29. The number of carboxylic acid groups (broad SMARTS) is 1. The van der Waals surface area contributed by atoms with Crippen LogP contribution in [0.3, 0.4) is 0 Å². The molecule has 0 atom stereocenters. The Kier molecular flexibility index (Phi) is 3.57. The molecule has 1 heterocycles. The van der Waals surface area contributed by atoms with E-state index < -0.39 is 23.5 Å². The molecule has 19 heavy (non-hydrogen) atoms. The van der Waals surface area contributed by atoms with Gasteiger partial charge in [0, 0.05) is 6.07 Å². The first-order valence-corrected chi connectivity index (χ1v) is 5.88. The number of benzene rings is 1. The van der Waals surface area contributed by atoms with Crippen molar-refractivity contribution < 1.29 is 23.5 Å². The van der Waals surface area contributed by atoms with Crippen LogP contribution in [-0.4, -0.2) is 17.0 Å². The molecular weight excluding hydrogens is 276 g/mol. The Balaban J connectivity index is 2.18. The fraction of sp³-hybridized carbons (Fsp3) is 0. The molecule has 0 saturated heterocycles. The summed E-state index contributed by atoms with van der Waals surface area (Å²) in [6.07, 6.45) is 0. The topological polar surface area (TPSA) is 66.4 Å². The van der Waals surface area contributed by atoms with E-state index >= 15 is 0 Å². The van der Waals surface area contributed by atoms with Gasteiger partial charge >= 0.3 is 5.97 Å². The Bertz CT molecular complexity index is 654. The molecule has 1 amide bonds. The minimum absolute atomic E-state index is 0.00438. The van der Waals surface area contributed by atoms with Crippen molar-refractivity contribution >= 4 is 28.9 Å². The summed E-state index contributed by atoms with van der Waals surface area (Å²) < 4.78 is 26.0. The molecule has 0 bridgehead atoms. The summed E-state index contributed by atoms with van der Waals surface area (Å²) in [5.41, 5.74) is -0.170. The summed E-state index contributed by atoms with van der Waals surface area (Å²) in [6, 6.07) is 5.35. The summed E-state index contributed by atoms with van der Waals surface area (Å²) in [4.78, 5) is 22.5. The van der Waals surface area contributed by atoms with Crippen LogP contribution in [0.2, 0.25) is 0 Å². The van der Waals surface area contributed by atoms with Gasteiger partial charge in [0.2, 0.25) is 0 Å². The maximum Gasteiger partial charge on any atom is 0.345 e. The van der Waals surface area contributed by atoms with Crippen LogP contribution >= 0.6 is 11.3 Å².